The van der Waals surface area contributed by atoms with E-state index in [-0.39, 0.29) is 12.7 Å². The fourth-order valence-electron chi connectivity index (χ4n) is 4.30. The van der Waals surface area contributed by atoms with Gasteiger partial charge in [0.1, 0.15) is 0 Å². The number of ether oxygens (including phenoxy) is 4. The van der Waals surface area contributed by atoms with Crippen molar-refractivity contribution in [3.8, 4) is 17.4 Å². The first kappa shape index (κ1) is 21.0. The van der Waals surface area contributed by atoms with Gasteiger partial charge in [0.25, 0.3) is 5.91 Å². The number of pyridine rings is 1. The van der Waals surface area contributed by atoms with Crippen LogP contribution in [0.25, 0.3) is 0 Å². The number of hydrogen-bond acceptors (Lipinski definition) is 7. The first-order valence-electron chi connectivity index (χ1n) is 11.3. The summed E-state index contributed by atoms with van der Waals surface area (Å²) in [6.45, 7) is 6.44. The highest BCUT2D eigenvalue weighted by Crippen LogP contribution is 2.32. The zero-order valence-electron chi connectivity index (χ0n) is 18.2. The Morgan fingerprint density at radius 3 is 2.62 bits per heavy atom. The van der Waals surface area contributed by atoms with Gasteiger partial charge in [-0.25, -0.2) is 4.98 Å². The van der Waals surface area contributed by atoms with Gasteiger partial charge in [0.15, 0.2) is 11.5 Å². The van der Waals surface area contributed by atoms with Gasteiger partial charge in [-0.15, -0.1) is 0 Å². The van der Waals surface area contributed by atoms with Crippen LogP contribution in [0.4, 0.5) is 0 Å². The average molecular weight is 440 g/mol. The van der Waals surface area contributed by atoms with E-state index in [9.17, 15) is 4.79 Å². The van der Waals surface area contributed by atoms with Crippen molar-refractivity contribution >= 4 is 5.91 Å². The lowest BCUT2D eigenvalue weighted by molar-refractivity contribution is 0.0490. The molecule has 2 fully saturated rings. The van der Waals surface area contributed by atoms with Gasteiger partial charge in [-0.1, -0.05) is 6.07 Å². The van der Waals surface area contributed by atoms with E-state index in [2.05, 4.69) is 16.0 Å². The highest BCUT2D eigenvalue weighted by Gasteiger charge is 2.23. The van der Waals surface area contributed by atoms with Crippen molar-refractivity contribution in [1.82, 2.24) is 14.8 Å². The van der Waals surface area contributed by atoms with Crippen LogP contribution in [0.3, 0.4) is 0 Å². The molecule has 5 rings (SSSR count). The first-order valence-corrected chi connectivity index (χ1v) is 11.3. The molecule has 2 aromatic rings. The van der Waals surface area contributed by atoms with Crippen LogP contribution >= 0.6 is 0 Å². The predicted molar refractivity (Wildman–Crippen MR) is 117 cm³/mol. The summed E-state index contributed by atoms with van der Waals surface area (Å²) < 4.78 is 22.0. The summed E-state index contributed by atoms with van der Waals surface area (Å²) in [5, 5.41) is 0. The largest absolute Gasteiger partial charge is 0.477 e. The molecular formula is C24H29N3O5. The van der Waals surface area contributed by atoms with E-state index in [1.54, 1.807) is 12.3 Å². The number of aromatic nitrogens is 1. The molecule has 2 saturated heterocycles. The molecule has 0 unspecified atom stereocenters. The van der Waals surface area contributed by atoms with Crippen molar-refractivity contribution in [3.05, 3.63) is 47.7 Å². The van der Waals surface area contributed by atoms with Gasteiger partial charge in [0.2, 0.25) is 12.7 Å². The van der Waals surface area contributed by atoms with Crippen molar-refractivity contribution in [1.29, 1.82) is 0 Å². The molecule has 0 bridgehead atoms. The van der Waals surface area contributed by atoms with Crippen LogP contribution in [0.2, 0.25) is 0 Å². The summed E-state index contributed by atoms with van der Waals surface area (Å²) in [5.41, 5.74) is 1.79. The van der Waals surface area contributed by atoms with E-state index in [4.69, 9.17) is 18.9 Å². The molecule has 1 aromatic carbocycles. The highest BCUT2D eigenvalue weighted by atomic mass is 16.7. The Morgan fingerprint density at radius 2 is 1.84 bits per heavy atom. The zero-order valence-corrected chi connectivity index (χ0v) is 18.2. The molecule has 0 saturated carbocycles. The highest BCUT2D eigenvalue weighted by molar-refractivity contribution is 5.94. The van der Waals surface area contributed by atoms with Crippen molar-refractivity contribution in [2.45, 2.75) is 19.4 Å². The third kappa shape index (κ3) is 4.97. The molecule has 0 radical (unpaired) electrons. The molecule has 8 heteroatoms. The van der Waals surface area contributed by atoms with Crippen molar-refractivity contribution in [2.75, 3.05) is 52.8 Å². The minimum absolute atomic E-state index is 0.0243. The van der Waals surface area contributed by atoms with Crippen LogP contribution in [0.15, 0.2) is 36.5 Å². The number of piperazine rings is 1. The molecule has 0 spiro atoms. The van der Waals surface area contributed by atoms with Crippen molar-refractivity contribution < 1.29 is 23.7 Å². The Morgan fingerprint density at radius 1 is 1.03 bits per heavy atom. The van der Waals surface area contributed by atoms with Gasteiger partial charge in [-0.05, 0) is 42.5 Å². The predicted octanol–water partition coefficient (Wildman–Crippen LogP) is 2.57. The fourth-order valence-corrected chi connectivity index (χ4v) is 4.30. The Labute approximate surface area is 188 Å². The van der Waals surface area contributed by atoms with Crippen LogP contribution in [-0.2, 0) is 11.3 Å². The second kappa shape index (κ2) is 9.75. The molecule has 0 atom stereocenters. The Bertz CT molecular complexity index is 922. The summed E-state index contributed by atoms with van der Waals surface area (Å²) in [5.74, 6) is 2.72. The molecule has 170 valence electrons. The molecule has 4 heterocycles. The molecule has 0 N–H and O–H groups in total. The van der Waals surface area contributed by atoms with Gasteiger partial charge in [0.05, 0.1) is 12.2 Å². The second-order valence-electron chi connectivity index (χ2n) is 8.51. The second-order valence-corrected chi connectivity index (χ2v) is 8.51. The number of nitrogens with zero attached hydrogens (tertiary/aromatic N) is 3. The number of carbonyl (C=O) groups excluding carboxylic acids is 1. The maximum Gasteiger partial charge on any atom is 0.255 e. The average Bonchev–Trinajstić information content (AvgIpc) is 3.32. The normalized spacial score (nSPS) is 19.2. The molecule has 0 aliphatic carbocycles. The van der Waals surface area contributed by atoms with Gasteiger partial charge in [0, 0.05) is 58.2 Å². The van der Waals surface area contributed by atoms with Crippen LogP contribution in [0.1, 0.15) is 28.8 Å². The number of fused-ring (bicyclic) bond motifs is 1. The van der Waals surface area contributed by atoms with Crippen molar-refractivity contribution in [3.63, 3.8) is 0 Å². The Kier molecular flexibility index (Phi) is 6.41. The molecule has 32 heavy (non-hydrogen) atoms. The topological polar surface area (TPSA) is 73.4 Å². The first-order chi connectivity index (χ1) is 15.7. The standard InChI is InChI=1S/C24H29N3O5/c28-24(20-2-4-23(25-14-20)30-16-18-5-11-29-12-6-18)27-9-7-26(8-10-27)15-19-1-3-21-22(13-19)32-17-31-21/h1-4,13-14,18H,5-12,15-17H2. The van der Waals surface area contributed by atoms with E-state index in [1.807, 2.05) is 23.1 Å². The lowest BCUT2D eigenvalue weighted by Gasteiger charge is -2.34. The summed E-state index contributed by atoms with van der Waals surface area (Å²) >= 11 is 0. The molecule has 3 aliphatic heterocycles. The molecular weight excluding hydrogens is 410 g/mol. The van der Waals surface area contributed by atoms with E-state index in [1.165, 1.54) is 5.56 Å². The number of rotatable bonds is 6. The van der Waals surface area contributed by atoms with Gasteiger partial charge in [-0.2, -0.15) is 0 Å². The smallest absolute Gasteiger partial charge is 0.255 e. The van der Waals surface area contributed by atoms with E-state index >= 15 is 0 Å². The summed E-state index contributed by atoms with van der Waals surface area (Å²) in [6, 6.07) is 9.68. The minimum Gasteiger partial charge on any atom is -0.477 e. The van der Waals surface area contributed by atoms with Crippen LogP contribution in [-0.4, -0.2) is 73.5 Å². The quantitative estimate of drug-likeness (QED) is 0.685. The van der Waals surface area contributed by atoms with Crippen LogP contribution < -0.4 is 14.2 Å². The lowest BCUT2D eigenvalue weighted by Crippen LogP contribution is -2.48. The lowest BCUT2D eigenvalue weighted by atomic mass is 10.0. The number of carbonyl (C=O) groups is 1. The Hall–Kier alpha value is -2.84. The Balaban J connectivity index is 1.09. The van der Waals surface area contributed by atoms with Crippen LogP contribution in [0, 0.1) is 5.92 Å². The van der Waals surface area contributed by atoms with E-state index in [0.29, 0.717) is 37.1 Å². The third-order valence-corrected chi connectivity index (χ3v) is 6.29. The fraction of sp³-hybridized carbons (Fsp3) is 0.500. The number of benzene rings is 1. The van der Waals surface area contributed by atoms with Gasteiger partial charge >= 0.3 is 0 Å². The summed E-state index contributed by atoms with van der Waals surface area (Å²) in [6.07, 6.45) is 3.68. The number of amides is 1. The molecule has 1 aromatic heterocycles. The SMILES string of the molecule is O=C(c1ccc(OCC2CCOCC2)nc1)N1CCN(Cc2ccc3c(c2)OCO3)CC1. The summed E-state index contributed by atoms with van der Waals surface area (Å²) in [4.78, 5) is 21.5. The third-order valence-electron chi connectivity index (χ3n) is 6.29. The molecule has 3 aliphatic rings. The number of hydrogen-bond donors (Lipinski definition) is 0. The summed E-state index contributed by atoms with van der Waals surface area (Å²) in [7, 11) is 0. The van der Waals surface area contributed by atoms with Crippen molar-refractivity contribution in [2.24, 2.45) is 5.92 Å². The zero-order chi connectivity index (χ0) is 21.8. The molecule has 8 nitrogen and oxygen atoms in total. The van der Waals surface area contributed by atoms with Gasteiger partial charge in [-0.3, -0.25) is 9.69 Å². The monoisotopic (exact) mass is 439 g/mol. The van der Waals surface area contributed by atoms with Gasteiger partial charge < -0.3 is 23.8 Å². The molecule has 1 amide bonds. The maximum atomic E-state index is 12.9. The van der Waals surface area contributed by atoms with Crippen LogP contribution in [0.5, 0.6) is 17.4 Å². The van der Waals surface area contributed by atoms with E-state index < -0.39 is 0 Å². The minimum atomic E-state index is 0.0243. The maximum absolute atomic E-state index is 12.9. The van der Waals surface area contributed by atoms with E-state index in [0.717, 1.165) is 57.2 Å².